The van der Waals surface area contributed by atoms with Gasteiger partial charge >= 0.3 is 0 Å². The van der Waals surface area contributed by atoms with E-state index in [9.17, 15) is 13.2 Å². The number of benzene rings is 1. The highest BCUT2D eigenvalue weighted by atomic mass is 32.2. The summed E-state index contributed by atoms with van der Waals surface area (Å²) in [5.74, 6) is 0.415. The summed E-state index contributed by atoms with van der Waals surface area (Å²) in [7, 11) is -3.21. The Kier molecular flexibility index (Phi) is 5.22. The van der Waals surface area contributed by atoms with E-state index in [1.165, 1.54) is 12.5 Å². The number of likely N-dealkylation sites (tertiary alicyclic amines) is 1. The molecule has 3 rings (SSSR count). The number of hydrogen-bond donors (Lipinski definition) is 1. The number of sulfone groups is 1. The molecule has 1 atom stereocenters. The molecule has 1 fully saturated rings. The van der Waals surface area contributed by atoms with Gasteiger partial charge in [-0.1, -0.05) is 12.1 Å². The lowest BCUT2D eigenvalue weighted by Crippen LogP contribution is -2.28. The third kappa shape index (κ3) is 4.19. The average molecular weight is 374 g/mol. The second kappa shape index (κ2) is 7.41. The maximum Gasteiger partial charge on any atom is 0.274 e. The van der Waals surface area contributed by atoms with Crippen LogP contribution in [0.25, 0.3) is 0 Å². The van der Waals surface area contributed by atoms with Crippen LogP contribution in [-0.2, 0) is 9.84 Å². The normalized spacial score (nSPS) is 15.7. The van der Waals surface area contributed by atoms with E-state index in [4.69, 9.17) is 0 Å². The van der Waals surface area contributed by atoms with E-state index in [1.807, 2.05) is 6.92 Å². The number of anilines is 1. The zero-order valence-electron chi connectivity index (χ0n) is 14.8. The molecule has 1 aliphatic rings. The largest absolute Gasteiger partial charge is 0.362 e. The number of amides is 1. The van der Waals surface area contributed by atoms with Crippen LogP contribution in [0.5, 0.6) is 0 Å². The van der Waals surface area contributed by atoms with Gasteiger partial charge in [-0.2, -0.15) is 0 Å². The van der Waals surface area contributed by atoms with Gasteiger partial charge in [0, 0.05) is 25.4 Å². The van der Waals surface area contributed by atoms with Crippen LogP contribution in [0, 0.1) is 0 Å². The number of nitrogens with one attached hydrogen (secondary N) is 1. The molecule has 1 unspecified atom stereocenters. The smallest absolute Gasteiger partial charge is 0.274 e. The van der Waals surface area contributed by atoms with Crippen molar-refractivity contribution in [3.8, 4) is 0 Å². The van der Waals surface area contributed by atoms with Crippen molar-refractivity contribution in [3.63, 3.8) is 0 Å². The van der Waals surface area contributed by atoms with E-state index in [2.05, 4.69) is 15.3 Å². The lowest BCUT2D eigenvalue weighted by Gasteiger charge is -2.17. The zero-order chi connectivity index (χ0) is 18.7. The molecule has 0 radical (unpaired) electrons. The van der Waals surface area contributed by atoms with E-state index < -0.39 is 9.84 Å². The SMILES string of the molecule is CC(Nc1cncc(C(=O)N2CCCC2)n1)c1ccc(S(C)(=O)=O)cc1. The molecule has 0 saturated carbocycles. The zero-order valence-corrected chi connectivity index (χ0v) is 15.7. The summed E-state index contributed by atoms with van der Waals surface area (Å²) in [6.45, 7) is 3.47. The Morgan fingerprint density at radius 2 is 1.81 bits per heavy atom. The molecule has 1 amide bonds. The fraction of sp³-hybridized carbons (Fsp3) is 0.389. The predicted molar refractivity (Wildman–Crippen MR) is 98.8 cm³/mol. The van der Waals surface area contributed by atoms with Crippen molar-refractivity contribution < 1.29 is 13.2 Å². The second-order valence-electron chi connectivity index (χ2n) is 6.50. The van der Waals surface area contributed by atoms with Gasteiger partial charge in [0.15, 0.2) is 9.84 Å². The number of carbonyl (C=O) groups is 1. The van der Waals surface area contributed by atoms with Crippen molar-refractivity contribution >= 4 is 21.6 Å². The third-order valence-electron chi connectivity index (χ3n) is 4.42. The van der Waals surface area contributed by atoms with Gasteiger partial charge in [-0.05, 0) is 37.5 Å². The molecule has 2 heterocycles. The van der Waals surface area contributed by atoms with Crippen LogP contribution in [0.3, 0.4) is 0 Å². The van der Waals surface area contributed by atoms with Gasteiger partial charge in [0.1, 0.15) is 11.5 Å². The number of hydrogen-bond acceptors (Lipinski definition) is 6. The van der Waals surface area contributed by atoms with Gasteiger partial charge in [0.25, 0.3) is 5.91 Å². The molecule has 1 aliphatic heterocycles. The third-order valence-corrected chi connectivity index (χ3v) is 5.55. The molecule has 0 aliphatic carbocycles. The van der Waals surface area contributed by atoms with Crippen molar-refractivity contribution in [2.45, 2.75) is 30.7 Å². The van der Waals surface area contributed by atoms with Gasteiger partial charge in [-0.15, -0.1) is 0 Å². The van der Waals surface area contributed by atoms with E-state index in [0.29, 0.717) is 11.5 Å². The van der Waals surface area contributed by atoms with Crippen LogP contribution in [0.2, 0.25) is 0 Å². The number of nitrogens with zero attached hydrogens (tertiary/aromatic N) is 3. The first-order valence-electron chi connectivity index (χ1n) is 8.52. The molecule has 1 aromatic heterocycles. The predicted octanol–water partition coefficient (Wildman–Crippen LogP) is 2.29. The Morgan fingerprint density at radius 1 is 1.15 bits per heavy atom. The molecule has 7 nitrogen and oxygen atoms in total. The topological polar surface area (TPSA) is 92.3 Å². The standard InChI is InChI=1S/C18H22N4O3S/c1-13(14-5-7-15(8-6-14)26(2,24)25)20-17-12-19-11-16(21-17)18(23)22-9-3-4-10-22/h5-8,11-13H,3-4,9-10H2,1-2H3,(H,20,21). The second-order valence-corrected chi connectivity index (χ2v) is 8.51. The minimum atomic E-state index is -3.21. The lowest BCUT2D eigenvalue weighted by molar-refractivity contribution is 0.0786. The van der Waals surface area contributed by atoms with Crippen LogP contribution >= 0.6 is 0 Å². The van der Waals surface area contributed by atoms with Crippen molar-refractivity contribution in [2.24, 2.45) is 0 Å². The lowest BCUT2D eigenvalue weighted by atomic mass is 10.1. The highest BCUT2D eigenvalue weighted by Crippen LogP contribution is 2.20. The maximum atomic E-state index is 12.4. The molecule has 1 saturated heterocycles. The summed E-state index contributed by atoms with van der Waals surface area (Å²) in [6, 6.07) is 6.58. The van der Waals surface area contributed by atoms with Gasteiger partial charge in [0.2, 0.25) is 0 Å². The summed E-state index contributed by atoms with van der Waals surface area (Å²) >= 11 is 0. The number of aromatic nitrogens is 2. The fourth-order valence-electron chi connectivity index (χ4n) is 2.93. The molecular weight excluding hydrogens is 352 g/mol. The van der Waals surface area contributed by atoms with E-state index in [-0.39, 0.29) is 16.8 Å². The summed E-state index contributed by atoms with van der Waals surface area (Å²) in [5.41, 5.74) is 1.24. The highest BCUT2D eigenvalue weighted by molar-refractivity contribution is 7.90. The molecule has 0 spiro atoms. The van der Waals surface area contributed by atoms with Gasteiger partial charge < -0.3 is 10.2 Å². The molecule has 138 valence electrons. The van der Waals surface area contributed by atoms with Crippen molar-refractivity contribution in [3.05, 3.63) is 47.9 Å². The molecule has 1 aromatic carbocycles. The molecular formula is C18H22N4O3S. The van der Waals surface area contributed by atoms with Crippen LogP contribution in [-0.4, -0.2) is 48.5 Å². The van der Waals surface area contributed by atoms with E-state index in [0.717, 1.165) is 31.5 Å². The first-order valence-corrected chi connectivity index (χ1v) is 10.4. The molecule has 26 heavy (non-hydrogen) atoms. The Bertz CT molecular complexity index is 891. The van der Waals surface area contributed by atoms with Crippen molar-refractivity contribution in [2.75, 3.05) is 24.7 Å². The maximum absolute atomic E-state index is 12.4. The van der Waals surface area contributed by atoms with E-state index >= 15 is 0 Å². The monoisotopic (exact) mass is 374 g/mol. The Balaban J connectivity index is 1.72. The average Bonchev–Trinajstić information content (AvgIpc) is 3.15. The minimum Gasteiger partial charge on any atom is -0.362 e. The van der Waals surface area contributed by atoms with Gasteiger partial charge in [-0.3, -0.25) is 9.78 Å². The molecule has 8 heteroatoms. The molecule has 0 bridgehead atoms. The van der Waals surface area contributed by atoms with Crippen LogP contribution < -0.4 is 5.32 Å². The quantitative estimate of drug-likeness (QED) is 0.863. The Labute approximate surface area is 153 Å². The van der Waals surface area contributed by atoms with Crippen molar-refractivity contribution in [1.82, 2.24) is 14.9 Å². The summed E-state index contributed by atoms with van der Waals surface area (Å²) in [4.78, 5) is 23.0. The number of carbonyl (C=O) groups excluding carboxylic acids is 1. The first-order chi connectivity index (χ1) is 12.3. The summed E-state index contributed by atoms with van der Waals surface area (Å²) < 4.78 is 23.1. The fourth-order valence-corrected chi connectivity index (χ4v) is 3.56. The van der Waals surface area contributed by atoms with Crippen molar-refractivity contribution in [1.29, 1.82) is 0 Å². The first kappa shape index (κ1) is 18.3. The Morgan fingerprint density at radius 3 is 2.42 bits per heavy atom. The van der Waals surface area contributed by atoms with Crippen LogP contribution in [0.4, 0.5) is 5.82 Å². The van der Waals surface area contributed by atoms with Crippen LogP contribution in [0.1, 0.15) is 41.9 Å². The summed E-state index contributed by atoms with van der Waals surface area (Å²) in [6.07, 6.45) is 6.29. The molecule has 2 aromatic rings. The van der Waals surface area contributed by atoms with Crippen LogP contribution in [0.15, 0.2) is 41.6 Å². The summed E-state index contributed by atoms with van der Waals surface area (Å²) in [5, 5.41) is 3.21. The minimum absolute atomic E-state index is 0.0937. The van der Waals surface area contributed by atoms with Gasteiger partial charge in [0.05, 0.1) is 17.3 Å². The highest BCUT2D eigenvalue weighted by Gasteiger charge is 2.21. The number of rotatable bonds is 5. The molecule has 1 N–H and O–H groups in total. The van der Waals surface area contributed by atoms with Gasteiger partial charge in [-0.25, -0.2) is 13.4 Å². The Hall–Kier alpha value is -2.48. The van der Waals surface area contributed by atoms with E-state index in [1.54, 1.807) is 35.4 Å².